The zero-order valence-corrected chi connectivity index (χ0v) is 11.5. The molecule has 0 bridgehead atoms. The van der Waals surface area contributed by atoms with E-state index in [9.17, 15) is 5.11 Å². The fourth-order valence-corrected chi connectivity index (χ4v) is 1.89. The summed E-state index contributed by atoms with van der Waals surface area (Å²) in [4.78, 5) is 2.44. The van der Waals surface area contributed by atoms with Gasteiger partial charge in [0.2, 0.25) is 0 Å². The number of nitrogens with zero attached hydrogens (tertiary/aromatic N) is 1. The smallest absolute Gasteiger partial charge is 0.0664 e. The molecule has 0 aromatic carbocycles. The summed E-state index contributed by atoms with van der Waals surface area (Å²) in [5.41, 5.74) is 0. The molecule has 0 aliphatic rings. The first-order valence-corrected chi connectivity index (χ1v) is 7.14. The van der Waals surface area contributed by atoms with Crippen molar-refractivity contribution in [2.75, 3.05) is 19.6 Å². The van der Waals surface area contributed by atoms with Gasteiger partial charge < -0.3 is 10.0 Å². The van der Waals surface area contributed by atoms with E-state index < -0.39 is 0 Å². The molecule has 16 heavy (non-hydrogen) atoms. The molecule has 98 valence electrons. The van der Waals surface area contributed by atoms with Crippen LogP contribution >= 0.6 is 0 Å². The van der Waals surface area contributed by atoms with E-state index in [2.05, 4.69) is 25.7 Å². The number of hydrogen-bond donors (Lipinski definition) is 1. The SMILES string of the molecule is CCCCCN(CCCCC)CC(O)CC. The summed E-state index contributed by atoms with van der Waals surface area (Å²) >= 11 is 0. The second kappa shape index (κ2) is 11.4. The summed E-state index contributed by atoms with van der Waals surface area (Å²) in [5, 5.41) is 9.70. The third kappa shape index (κ3) is 9.17. The van der Waals surface area contributed by atoms with Crippen LogP contribution in [0.4, 0.5) is 0 Å². The van der Waals surface area contributed by atoms with Crippen molar-refractivity contribution < 1.29 is 5.11 Å². The minimum atomic E-state index is -0.136. The van der Waals surface area contributed by atoms with Crippen molar-refractivity contribution >= 4 is 0 Å². The van der Waals surface area contributed by atoms with Crippen molar-refractivity contribution in [3.05, 3.63) is 0 Å². The topological polar surface area (TPSA) is 23.5 Å². The Morgan fingerprint density at radius 3 is 1.75 bits per heavy atom. The predicted molar refractivity (Wildman–Crippen MR) is 71.8 cm³/mol. The normalized spacial score (nSPS) is 13.3. The van der Waals surface area contributed by atoms with Crippen LogP contribution in [0.5, 0.6) is 0 Å². The molecule has 1 atom stereocenters. The second-order valence-electron chi connectivity index (χ2n) is 4.78. The van der Waals surface area contributed by atoms with Gasteiger partial charge in [0.05, 0.1) is 6.10 Å². The first-order chi connectivity index (χ1) is 7.74. The highest BCUT2D eigenvalue weighted by atomic mass is 16.3. The molecule has 2 heteroatoms. The maximum Gasteiger partial charge on any atom is 0.0664 e. The van der Waals surface area contributed by atoms with E-state index in [-0.39, 0.29) is 6.10 Å². The van der Waals surface area contributed by atoms with E-state index in [1.165, 1.54) is 38.5 Å². The van der Waals surface area contributed by atoms with Gasteiger partial charge >= 0.3 is 0 Å². The van der Waals surface area contributed by atoms with Gasteiger partial charge in [0.25, 0.3) is 0 Å². The molecule has 2 nitrogen and oxygen atoms in total. The third-order valence-electron chi connectivity index (χ3n) is 3.10. The molecule has 0 aliphatic carbocycles. The summed E-state index contributed by atoms with van der Waals surface area (Å²) in [5.74, 6) is 0. The fourth-order valence-electron chi connectivity index (χ4n) is 1.89. The largest absolute Gasteiger partial charge is 0.392 e. The quantitative estimate of drug-likeness (QED) is 0.549. The van der Waals surface area contributed by atoms with Crippen LogP contribution in [0.25, 0.3) is 0 Å². The van der Waals surface area contributed by atoms with Crippen LogP contribution in [0.2, 0.25) is 0 Å². The monoisotopic (exact) mass is 229 g/mol. The Hall–Kier alpha value is -0.0800. The number of aliphatic hydroxyl groups excluding tert-OH is 1. The first kappa shape index (κ1) is 15.9. The van der Waals surface area contributed by atoms with Crippen molar-refractivity contribution in [2.24, 2.45) is 0 Å². The maximum absolute atomic E-state index is 9.70. The molecule has 0 spiro atoms. The Labute approximate surface area is 102 Å². The molecular formula is C14H31NO. The molecule has 0 aromatic heterocycles. The maximum atomic E-state index is 9.70. The van der Waals surface area contributed by atoms with Gasteiger partial charge in [-0.2, -0.15) is 0 Å². The summed E-state index contributed by atoms with van der Waals surface area (Å²) in [6, 6.07) is 0. The van der Waals surface area contributed by atoms with Gasteiger partial charge in [-0.1, -0.05) is 46.5 Å². The van der Waals surface area contributed by atoms with Gasteiger partial charge in [-0.25, -0.2) is 0 Å². The molecule has 1 unspecified atom stereocenters. The molecule has 0 radical (unpaired) electrons. The van der Waals surface area contributed by atoms with E-state index in [1.807, 2.05) is 0 Å². The zero-order chi connectivity index (χ0) is 12.2. The minimum Gasteiger partial charge on any atom is -0.392 e. The summed E-state index contributed by atoms with van der Waals surface area (Å²) in [6.07, 6.45) is 8.47. The van der Waals surface area contributed by atoms with E-state index >= 15 is 0 Å². The predicted octanol–water partition coefficient (Wildman–Crippen LogP) is 3.44. The van der Waals surface area contributed by atoms with Gasteiger partial charge in [0.15, 0.2) is 0 Å². The lowest BCUT2D eigenvalue weighted by molar-refractivity contribution is 0.107. The highest BCUT2D eigenvalue weighted by Gasteiger charge is 2.09. The van der Waals surface area contributed by atoms with Crippen LogP contribution in [0.1, 0.15) is 65.7 Å². The van der Waals surface area contributed by atoms with Gasteiger partial charge in [0.1, 0.15) is 0 Å². The Balaban J connectivity index is 3.75. The Morgan fingerprint density at radius 2 is 1.38 bits per heavy atom. The van der Waals surface area contributed by atoms with Crippen molar-refractivity contribution in [3.8, 4) is 0 Å². The van der Waals surface area contributed by atoms with Gasteiger partial charge in [-0.05, 0) is 32.4 Å². The number of rotatable bonds is 11. The molecule has 0 aliphatic heterocycles. The third-order valence-corrected chi connectivity index (χ3v) is 3.10. The Kier molecular flexibility index (Phi) is 11.3. The van der Waals surface area contributed by atoms with E-state index in [0.717, 1.165) is 26.1 Å². The van der Waals surface area contributed by atoms with Crippen LogP contribution in [0.3, 0.4) is 0 Å². The second-order valence-corrected chi connectivity index (χ2v) is 4.78. The molecule has 0 heterocycles. The minimum absolute atomic E-state index is 0.136. The van der Waals surface area contributed by atoms with Crippen LogP contribution < -0.4 is 0 Å². The molecule has 0 aromatic rings. The highest BCUT2D eigenvalue weighted by Crippen LogP contribution is 2.04. The number of unbranched alkanes of at least 4 members (excludes halogenated alkanes) is 4. The molecule has 0 rings (SSSR count). The lowest BCUT2D eigenvalue weighted by Gasteiger charge is -2.24. The molecule has 1 N–H and O–H groups in total. The lowest BCUT2D eigenvalue weighted by atomic mass is 10.2. The fraction of sp³-hybridized carbons (Fsp3) is 1.00. The Morgan fingerprint density at radius 1 is 0.875 bits per heavy atom. The standard InChI is InChI=1S/C14H31NO/c1-4-7-9-11-15(12-10-8-5-2)13-14(16)6-3/h14,16H,4-13H2,1-3H3. The zero-order valence-electron chi connectivity index (χ0n) is 11.5. The highest BCUT2D eigenvalue weighted by molar-refractivity contribution is 4.64. The van der Waals surface area contributed by atoms with E-state index in [1.54, 1.807) is 0 Å². The van der Waals surface area contributed by atoms with Crippen LogP contribution in [0, 0.1) is 0 Å². The van der Waals surface area contributed by atoms with Crippen molar-refractivity contribution in [3.63, 3.8) is 0 Å². The van der Waals surface area contributed by atoms with Crippen LogP contribution in [-0.2, 0) is 0 Å². The molecule has 0 saturated carbocycles. The number of aliphatic hydroxyl groups is 1. The average Bonchev–Trinajstić information content (AvgIpc) is 2.29. The van der Waals surface area contributed by atoms with E-state index in [4.69, 9.17) is 0 Å². The summed E-state index contributed by atoms with van der Waals surface area (Å²) < 4.78 is 0. The molecular weight excluding hydrogens is 198 g/mol. The first-order valence-electron chi connectivity index (χ1n) is 7.14. The van der Waals surface area contributed by atoms with Crippen molar-refractivity contribution in [1.82, 2.24) is 4.90 Å². The van der Waals surface area contributed by atoms with Crippen molar-refractivity contribution in [1.29, 1.82) is 0 Å². The van der Waals surface area contributed by atoms with Crippen molar-refractivity contribution in [2.45, 2.75) is 71.8 Å². The number of hydrogen-bond acceptors (Lipinski definition) is 2. The molecule has 0 fully saturated rings. The average molecular weight is 229 g/mol. The Bertz CT molecular complexity index is 129. The van der Waals surface area contributed by atoms with Gasteiger partial charge in [-0.15, -0.1) is 0 Å². The molecule has 0 saturated heterocycles. The summed E-state index contributed by atoms with van der Waals surface area (Å²) in [7, 11) is 0. The van der Waals surface area contributed by atoms with Gasteiger partial charge in [-0.3, -0.25) is 0 Å². The molecule has 0 amide bonds. The van der Waals surface area contributed by atoms with Crippen LogP contribution in [0.15, 0.2) is 0 Å². The van der Waals surface area contributed by atoms with E-state index in [0.29, 0.717) is 0 Å². The van der Waals surface area contributed by atoms with Crippen LogP contribution in [-0.4, -0.2) is 35.7 Å². The van der Waals surface area contributed by atoms with Gasteiger partial charge in [0, 0.05) is 6.54 Å². The lowest BCUT2D eigenvalue weighted by Crippen LogP contribution is -2.33. The summed E-state index contributed by atoms with van der Waals surface area (Å²) in [6.45, 7) is 9.72.